The molecule has 0 saturated carbocycles. The lowest BCUT2D eigenvalue weighted by atomic mass is 9.97. The van der Waals surface area contributed by atoms with Gasteiger partial charge >= 0.3 is 0 Å². The number of rotatable bonds is 2. The van der Waals surface area contributed by atoms with Crippen LogP contribution in [0, 0.1) is 10.1 Å². The Hall–Kier alpha value is -2.11. The maximum absolute atomic E-state index is 11.4. The van der Waals surface area contributed by atoms with E-state index in [1.54, 1.807) is 18.0 Å². The van der Waals surface area contributed by atoms with Crippen LogP contribution in [0.4, 0.5) is 11.4 Å². The van der Waals surface area contributed by atoms with Gasteiger partial charge in [0.05, 0.1) is 17.0 Å². The fourth-order valence-electron chi connectivity index (χ4n) is 2.29. The maximum atomic E-state index is 11.4. The summed E-state index contributed by atoms with van der Waals surface area (Å²) in [7, 11) is 1.65. The number of hydrogen-bond donors (Lipinski definition) is 1. The third kappa shape index (κ3) is 2.01. The molecule has 0 fully saturated rings. The van der Waals surface area contributed by atoms with E-state index >= 15 is 0 Å². The van der Waals surface area contributed by atoms with Crippen LogP contribution >= 0.6 is 0 Å². The smallest absolute Gasteiger partial charge is 0.297 e. The van der Waals surface area contributed by atoms with E-state index in [1.807, 2.05) is 6.07 Å². The number of carbonyl (C=O) groups excluding carboxylic acids is 1. The van der Waals surface area contributed by atoms with Crippen molar-refractivity contribution in [2.24, 2.45) is 0 Å². The van der Waals surface area contributed by atoms with E-state index in [2.05, 4.69) is 5.32 Å². The Kier molecular flexibility index (Phi) is 3.18. The Morgan fingerprint density at radius 1 is 1.50 bits per heavy atom. The topological polar surface area (TPSA) is 75.5 Å². The van der Waals surface area contributed by atoms with E-state index in [-0.39, 0.29) is 16.5 Å². The zero-order chi connectivity index (χ0) is 13.3. The van der Waals surface area contributed by atoms with Crippen LogP contribution in [0.25, 0.3) is 0 Å². The molecule has 0 aromatic heterocycles. The van der Waals surface area contributed by atoms with Gasteiger partial charge in [0.1, 0.15) is 5.69 Å². The van der Waals surface area contributed by atoms with Crippen molar-refractivity contribution in [3.05, 3.63) is 33.4 Å². The minimum Gasteiger partial charge on any atom is -0.383 e. The SMILES string of the molecule is CNc1ccc2c(c1[N+](=O)[O-])CN(C(C)=O)CC2. The van der Waals surface area contributed by atoms with Crippen molar-refractivity contribution >= 4 is 17.3 Å². The fraction of sp³-hybridized carbons (Fsp3) is 0.417. The highest BCUT2D eigenvalue weighted by Crippen LogP contribution is 2.34. The van der Waals surface area contributed by atoms with E-state index in [4.69, 9.17) is 0 Å². The molecule has 0 bridgehead atoms. The summed E-state index contributed by atoms with van der Waals surface area (Å²) in [5, 5.41) is 14.0. The third-order valence-corrected chi connectivity index (χ3v) is 3.28. The van der Waals surface area contributed by atoms with Crippen LogP contribution < -0.4 is 5.32 Å². The van der Waals surface area contributed by atoms with Crippen LogP contribution in [-0.4, -0.2) is 29.3 Å². The van der Waals surface area contributed by atoms with E-state index in [9.17, 15) is 14.9 Å². The number of nitrogens with one attached hydrogen (secondary N) is 1. The molecule has 0 radical (unpaired) electrons. The molecule has 0 unspecified atom stereocenters. The minimum atomic E-state index is -0.381. The van der Waals surface area contributed by atoms with E-state index in [0.717, 1.165) is 5.56 Å². The second-order valence-electron chi connectivity index (χ2n) is 4.30. The van der Waals surface area contributed by atoms with Crippen LogP contribution in [0.3, 0.4) is 0 Å². The molecule has 1 heterocycles. The standard InChI is InChI=1S/C12H15N3O3/c1-8(16)14-6-5-9-3-4-11(13-2)12(15(17)18)10(9)7-14/h3-4,13H,5-7H2,1-2H3. The van der Waals surface area contributed by atoms with Gasteiger partial charge in [-0.1, -0.05) is 6.07 Å². The Morgan fingerprint density at radius 3 is 2.78 bits per heavy atom. The second-order valence-corrected chi connectivity index (χ2v) is 4.30. The Morgan fingerprint density at radius 2 is 2.22 bits per heavy atom. The summed E-state index contributed by atoms with van der Waals surface area (Å²) in [5.41, 5.74) is 2.18. The summed E-state index contributed by atoms with van der Waals surface area (Å²) in [5.74, 6) is -0.0511. The van der Waals surface area contributed by atoms with Crippen molar-refractivity contribution in [1.82, 2.24) is 4.90 Å². The van der Waals surface area contributed by atoms with Crippen LogP contribution in [0.5, 0.6) is 0 Å². The van der Waals surface area contributed by atoms with Crippen molar-refractivity contribution in [2.75, 3.05) is 18.9 Å². The van der Waals surface area contributed by atoms with Gasteiger partial charge in [0.2, 0.25) is 5.91 Å². The molecule has 1 aromatic carbocycles. The summed E-state index contributed by atoms with van der Waals surface area (Å²) in [6, 6.07) is 3.62. The first-order chi connectivity index (χ1) is 8.54. The number of carbonyl (C=O) groups is 1. The molecule has 96 valence electrons. The lowest BCUT2D eigenvalue weighted by Crippen LogP contribution is -2.34. The molecule has 6 heteroatoms. The summed E-state index contributed by atoms with van der Waals surface area (Å²) in [6.07, 6.45) is 0.666. The summed E-state index contributed by atoms with van der Waals surface area (Å²) >= 11 is 0. The predicted octanol–water partition coefficient (Wildman–Crippen LogP) is 1.54. The largest absolute Gasteiger partial charge is 0.383 e. The number of hydrogen-bond acceptors (Lipinski definition) is 4. The van der Waals surface area contributed by atoms with Gasteiger partial charge in [-0.05, 0) is 18.1 Å². The average molecular weight is 249 g/mol. The van der Waals surface area contributed by atoms with Crippen LogP contribution in [0.1, 0.15) is 18.1 Å². The Bertz CT molecular complexity index is 514. The molecule has 0 spiro atoms. The third-order valence-electron chi connectivity index (χ3n) is 3.28. The van der Waals surface area contributed by atoms with Crippen LogP contribution in [0.2, 0.25) is 0 Å². The highest BCUT2D eigenvalue weighted by Gasteiger charge is 2.28. The number of nitrogens with zero attached hydrogens (tertiary/aromatic N) is 2. The molecule has 1 N–H and O–H groups in total. The summed E-state index contributed by atoms with van der Waals surface area (Å²) in [4.78, 5) is 23.8. The molecule has 1 aliphatic heterocycles. The summed E-state index contributed by atoms with van der Waals surface area (Å²) < 4.78 is 0. The molecule has 0 saturated heterocycles. The first-order valence-electron chi connectivity index (χ1n) is 5.77. The fourth-order valence-corrected chi connectivity index (χ4v) is 2.29. The van der Waals surface area contributed by atoms with Crippen molar-refractivity contribution in [3.63, 3.8) is 0 Å². The highest BCUT2D eigenvalue weighted by atomic mass is 16.6. The van der Waals surface area contributed by atoms with E-state index in [0.29, 0.717) is 30.8 Å². The number of anilines is 1. The predicted molar refractivity (Wildman–Crippen MR) is 67.4 cm³/mol. The number of fused-ring (bicyclic) bond motifs is 1. The zero-order valence-corrected chi connectivity index (χ0v) is 10.4. The Balaban J connectivity index is 2.51. The van der Waals surface area contributed by atoms with Crippen LogP contribution in [-0.2, 0) is 17.8 Å². The lowest BCUT2D eigenvalue weighted by molar-refractivity contribution is -0.384. The quantitative estimate of drug-likeness (QED) is 0.637. The minimum absolute atomic E-state index is 0.0511. The van der Waals surface area contributed by atoms with Gasteiger partial charge in [0.25, 0.3) is 5.69 Å². The molecule has 18 heavy (non-hydrogen) atoms. The Labute approximate surface area is 105 Å². The van der Waals surface area contributed by atoms with Gasteiger partial charge in [0, 0.05) is 20.5 Å². The highest BCUT2D eigenvalue weighted by molar-refractivity contribution is 5.75. The first-order valence-corrected chi connectivity index (χ1v) is 5.77. The molecule has 2 rings (SSSR count). The molecule has 0 aliphatic carbocycles. The summed E-state index contributed by atoms with van der Waals surface area (Å²) in [6.45, 7) is 2.42. The average Bonchev–Trinajstić information content (AvgIpc) is 2.36. The van der Waals surface area contributed by atoms with E-state index < -0.39 is 0 Å². The van der Waals surface area contributed by atoms with Gasteiger partial charge in [-0.3, -0.25) is 14.9 Å². The zero-order valence-electron chi connectivity index (χ0n) is 10.4. The van der Waals surface area contributed by atoms with Gasteiger partial charge in [-0.25, -0.2) is 0 Å². The number of benzene rings is 1. The molecular formula is C12H15N3O3. The molecule has 0 atom stereocenters. The molecule has 1 amide bonds. The molecule has 6 nitrogen and oxygen atoms in total. The van der Waals surface area contributed by atoms with Crippen LogP contribution in [0.15, 0.2) is 12.1 Å². The van der Waals surface area contributed by atoms with Gasteiger partial charge in [-0.15, -0.1) is 0 Å². The number of nitro benzene ring substituents is 1. The molecular weight excluding hydrogens is 234 g/mol. The maximum Gasteiger partial charge on any atom is 0.297 e. The van der Waals surface area contributed by atoms with E-state index in [1.165, 1.54) is 6.92 Å². The number of nitro groups is 1. The van der Waals surface area contributed by atoms with Gasteiger partial charge in [-0.2, -0.15) is 0 Å². The van der Waals surface area contributed by atoms with Crippen molar-refractivity contribution in [3.8, 4) is 0 Å². The lowest BCUT2D eigenvalue weighted by Gasteiger charge is -2.28. The van der Waals surface area contributed by atoms with Crippen molar-refractivity contribution in [1.29, 1.82) is 0 Å². The van der Waals surface area contributed by atoms with Crippen molar-refractivity contribution < 1.29 is 9.72 Å². The number of amides is 1. The molecule has 1 aliphatic rings. The van der Waals surface area contributed by atoms with Gasteiger partial charge in [0.15, 0.2) is 0 Å². The normalized spacial score (nSPS) is 14.0. The first kappa shape index (κ1) is 12.3. The van der Waals surface area contributed by atoms with Crippen molar-refractivity contribution in [2.45, 2.75) is 19.9 Å². The molecule has 1 aromatic rings. The van der Waals surface area contributed by atoms with Gasteiger partial charge < -0.3 is 10.2 Å². The second kappa shape index (κ2) is 4.64. The monoisotopic (exact) mass is 249 g/mol.